The van der Waals surface area contributed by atoms with E-state index < -0.39 is 0 Å². The molecule has 0 radical (unpaired) electrons. The Labute approximate surface area is 142 Å². The minimum atomic E-state index is 0. The van der Waals surface area contributed by atoms with Crippen LogP contribution in [0.1, 0.15) is 83.7 Å². The molecule has 1 heterocycles. The quantitative estimate of drug-likeness (QED) is 0.400. The van der Waals surface area contributed by atoms with Crippen LogP contribution in [0.25, 0.3) is 0 Å². The first kappa shape index (κ1) is 20.6. The molecule has 0 atom stereocenters. The van der Waals surface area contributed by atoms with E-state index in [0.717, 1.165) is 6.54 Å². The number of nitrogens with zero attached hydrogens (tertiary/aromatic N) is 1. The summed E-state index contributed by atoms with van der Waals surface area (Å²) in [5, 5.41) is 0. The molecule has 2 heteroatoms. The average molecular weight is 356 g/mol. The first-order valence-electron chi connectivity index (χ1n) is 8.85. The van der Waals surface area contributed by atoms with Gasteiger partial charge < -0.3 is 17.0 Å². The topological polar surface area (TPSA) is 3.88 Å². The van der Waals surface area contributed by atoms with Gasteiger partial charge >= 0.3 is 0 Å². The van der Waals surface area contributed by atoms with Crippen molar-refractivity contribution in [2.75, 3.05) is 0 Å². The van der Waals surface area contributed by atoms with Gasteiger partial charge in [-0.25, -0.2) is 4.57 Å². The SMILES string of the molecule is CCCCCCCCCCCCc1cccc[n+]1CC.[Br-]. The van der Waals surface area contributed by atoms with Crippen LogP contribution >= 0.6 is 0 Å². The Morgan fingerprint density at radius 2 is 1.33 bits per heavy atom. The second kappa shape index (κ2) is 14.6. The van der Waals surface area contributed by atoms with E-state index in [0.29, 0.717) is 0 Å². The van der Waals surface area contributed by atoms with Crippen molar-refractivity contribution < 1.29 is 21.5 Å². The van der Waals surface area contributed by atoms with Gasteiger partial charge in [-0.3, -0.25) is 0 Å². The lowest BCUT2D eigenvalue weighted by Crippen LogP contribution is -3.00. The highest BCUT2D eigenvalue weighted by Crippen LogP contribution is 2.11. The molecule has 0 N–H and O–H groups in total. The highest BCUT2D eigenvalue weighted by atomic mass is 79.9. The Balaban J connectivity index is 0.00000400. The molecule has 1 nitrogen and oxygen atoms in total. The van der Waals surface area contributed by atoms with Crippen LogP contribution in [0.5, 0.6) is 0 Å². The van der Waals surface area contributed by atoms with Gasteiger partial charge in [0.05, 0.1) is 0 Å². The van der Waals surface area contributed by atoms with E-state index in [1.54, 1.807) is 0 Å². The normalized spacial score (nSPS) is 10.4. The molecule has 0 aromatic carbocycles. The first-order chi connectivity index (χ1) is 9.88. The van der Waals surface area contributed by atoms with E-state index in [2.05, 4.69) is 42.8 Å². The van der Waals surface area contributed by atoms with Crippen LogP contribution in [0.2, 0.25) is 0 Å². The zero-order valence-corrected chi connectivity index (χ0v) is 15.7. The highest BCUT2D eigenvalue weighted by molar-refractivity contribution is 4.97. The van der Waals surface area contributed by atoms with Crippen LogP contribution < -0.4 is 21.5 Å². The first-order valence-corrected chi connectivity index (χ1v) is 8.85. The van der Waals surface area contributed by atoms with Gasteiger partial charge in [-0.2, -0.15) is 0 Å². The molecule has 1 aromatic heterocycles. The minimum absolute atomic E-state index is 0. The molecule has 0 bridgehead atoms. The van der Waals surface area contributed by atoms with Crippen molar-refractivity contribution in [2.24, 2.45) is 0 Å². The predicted molar refractivity (Wildman–Crippen MR) is 87.9 cm³/mol. The summed E-state index contributed by atoms with van der Waals surface area (Å²) >= 11 is 0. The van der Waals surface area contributed by atoms with Crippen LogP contribution in [0.3, 0.4) is 0 Å². The number of hydrogen-bond donors (Lipinski definition) is 0. The number of unbranched alkanes of at least 4 members (excludes halogenated alkanes) is 9. The van der Waals surface area contributed by atoms with E-state index >= 15 is 0 Å². The molecule has 0 spiro atoms. The molecule has 21 heavy (non-hydrogen) atoms. The van der Waals surface area contributed by atoms with Crippen LogP contribution in [0.15, 0.2) is 24.4 Å². The maximum Gasteiger partial charge on any atom is 0.181 e. The Hall–Kier alpha value is -0.370. The second-order valence-electron chi connectivity index (χ2n) is 5.91. The molecular formula is C19H34BrN. The van der Waals surface area contributed by atoms with Gasteiger partial charge in [-0.1, -0.05) is 70.8 Å². The third kappa shape index (κ3) is 10.1. The Morgan fingerprint density at radius 1 is 0.762 bits per heavy atom. The highest BCUT2D eigenvalue weighted by Gasteiger charge is 2.05. The smallest absolute Gasteiger partial charge is 0.181 e. The van der Waals surface area contributed by atoms with Crippen LogP contribution in [0, 0.1) is 0 Å². The standard InChI is InChI=1S/C19H34N.BrH/c1-3-5-6-7-8-9-10-11-12-13-16-19-17-14-15-18-20(19)4-2;/h14-15,17-18H,3-13,16H2,1-2H3;1H/q+1;/p-1. The predicted octanol–water partition coefficient (Wildman–Crippen LogP) is 2.46. The van der Waals surface area contributed by atoms with E-state index in [1.165, 1.54) is 76.3 Å². The summed E-state index contributed by atoms with van der Waals surface area (Å²) in [6.07, 6.45) is 17.6. The Morgan fingerprint density at radius 3 is 1.90 bits per heavy atom. The van der Waals surface area contributed by atoms with Crippen molar-refractivity contribution in [1.29, 1.82) is 0 Å². The van der Waals surface area contributed by atoms with Crippen molar-refractivity contribution in [3.63, 3.8) is 0 Å². The number of rotatable bonds is 12. The number of aryl methyl sites for hydroxylation is 2. The molecule has 1 aromatic rings. The summed E-state index contributed by atoms with van der Waals surface area (Å²) in [5.41, 5.74) is 1.49. The molecule has 0 saturated carbocycles. The van der Waals surface area contributed by atoms with Gasteiger partial charge in [0.2, 0.25) is 0 Å². The number of hydrogen-bond acceptors (Lipinski definition) is 0. The lowest BCUT2D eigenvalue weighted by atomic mass is 10.1. The monoisotopic (exact) mass is 355 g/mol. The summed E-state index contributed by atoms with van der Waals surface area (Å²) in [6.45, 7) is 5.60. The number of pyridine rings is 1. The van der Waals surface area contributed by atoms with Gasteiger partial charge in [-0.05, 0) is 13.3 Å². The number of halogens is 1. The molecular weight excluding hydrogens is 322 g/mol. The lowest BCUT2D eigenvalue weighted by molar-refractivity contribution is -0.700. The van der Waals surface area contributed by atoms with Crippen LogP contribution in [-0.2, 0) is 13.0 Å². The van der Waals surface area contributed by atoms with Crippen LogP contribution in [0.4, 0.5) is 0 Å². The fraction of sp³-hybridized carbons (Fsp3) is 0.737. The molecule has 122 valence electrons. The number of aromatic nitrogens is 1. The fourth-order valence-electron chi connectivity index (χ4n) is 2.84. The van der Waals surface area contributed by atoms with Crippen molar-refractivity contribution >= 4 is 0 Å². The average Bonchev–Trinajstić information content (AvgIpc) is 2.49. The summed E-state index contributed by atoms with van der Waals surface area (Å²) in [4.78, 5) is 0. The van der Waals surface area contributed by atoms with Crippen molar-refractivity contribution in [2.45, 2.75) is 91.0 Å². The molecule has 0 fully saturated rings. The van der Waals surface area contributed by atoms with Gasteiger partial charge in [0.15, 0.2) is 11.9 Å². The van der Waals surface area contributed by atoms with E-state index in [4.69, 9.17) is 0 Å². The van der Waals surface area contributed by atoms with Crippen molar-refractivity contribution in [3.05, 3.63) is 30.1 Å². The minimum Gasteiger partial charge on any atom is -1.00 e. The molecule has 0 saturated heterocycles. The van der Waals surface area contributed by atoms with E-state index in [9.17, 15) is 0 Å². The van der Waals surface area contributed by atoms with Crippen molar-refractivity contribution in [3.8, 4) is 0 Å². The zero-order valence-electron chi connectivity index (χ0n) is 14.1. The van der Waals surface area contributed by atoms with E-state index in [1.807, 2.05) is 0 Å². The molecule has 0 aliphatic carbocycles. The molecule has 0 aliphatic heterocycles. The fourth-order valence-corrected chi connectivity index (χ4v) is 2.84. The van der Waals surface area contributed by atoms with Gasteiger partial charge in [0.25, 0.3) is 0 Å². The summed E-state index contributed by atoms with van der Waals surface area (Å²) in [7, 11) is 0. The molecule has 1 rings (SSSR count). The van der Waals surface area contributed by atoms with E-state index in [-0.39, 0.29) is 17.0 Å². The third-order valence-electron chi connectivity index (χ3n) is 4.16. The molecule has 0 unspecified atom stereocenters. The summed E-state index contributed by atoms with van der Waals surface area (Å²) in [6, 6.07) is 6.57. The van der Waals surface area contributed by atoms with Crippen molar-refractivity contribution in [1.82, 2.24) is 0 Å². The van der Waals surface area contributed by atoms with Crippen LogP contribution in [-0.4, -0.2) is 0 Å². The zero-order chi connectivity index (χ0) is 14.5. The summed E-state index contributed by atoms with van der Waals surface area (Å²) < 4.78 is 2.37. The maximum atomic E-state index is 2.37. The molecule has 0 aliphatic rings. The molecule has 0 amide bonds. The second-order valence-corrected chi connectivity index (χ2v) is 5.91. The Bertz CT molecular complexity index is 338. The largest absolute Gasteiger partial charge is 1.00 e. The van der Waals surface area contributed by atoms with Gasteiger partial charge in [-0.15, -0.1) is 0 Å². The van der Waals surface area contributed by atoms with Gasteiger partial charge in [0, 0.05) is 18.6 Å². The lowest BCUT2D eigenvalue weighted by Gasteiger charge is -2.03. The Kier molecular flexibility index (Phi) is 14.3. The summed E-state index contributed by atoms with van der Waals surface area (Å²) in [5.74, 6) is 0. The maximum absolute atomic E-state index is 2.37. The third-order valence-corrected chi connectivity index (χ3v) is 4.16. The van der Waals surface area contributed by atoms with Gasteiger partial charge in [0.1, 0.15) is 6.54 Å².